The van der Waals surface area contributed by atoms with Crippen molar-refractivity contribution < 1.29 is 13.2 Å². The standard InChI is InChI=1S/C19H29N3O3S/c1-14-6-3-4-9-22(14)26(24,25)18-8-5-7-17(11-18)19(23)21-13-16(12-20)10-15(21)2/h5,7-8,11,14-16H,3-4,6,9-10,12-13,20H2,1-2H3. The van der Waals surface area contributed by atoms with Crippen LogP contribution in [-0.2, 0) is 10.0 Å². The van der Waals surface area contributed by atoms with Crippen LogP contribution in [0, 0.1) is 5.92 Å². The van der Waals surface area contributed by atoms with Crippen molar-refractivity contribution in [1.29, 1.82) is 0 Å². The molecule has 0 spiro atoms. The van der Waals surface area contributed by atoms with Gasteiger partial charge in [0.1, 0.15) is 0 Å². The first kappa shape index (κ1) is 19.3. The lowest BCUT2D eigenvalue weighted by molar-refractivity contribution is 0.0743. The van der Waals surface area contributed by atoms with Crippen molar-refractivity contribution in [1.82, 2.24) is 9.21 Å². The van der Waals surface area contributed by atoms with Gasteiger partial charge in [0.2, 0.25) is 10.0 Å². The fourth-order valence-electron chi connectivity index (χ4n) is 4.12. The second kappa shape index (κ2) is 7.66. The van der Waals surface area contributed by atoms with Gasteiger partial charge in [-0.25, -0.2) is 8.42 Å². The quantitative estimate of drug-likeness (QED) is 0.868. The molecule has 26 heavy (non-hydrogen) atoms. The molecule has 0 saturated carbocycles. The smallest absolute Gasteiger partial charge is 0.254 e. The predicted molar refractivity (Wildman–Crippen MR) is 101 cm³/mol. The minimum atomic E-state index is -3.58. The van der Waals surface area contributed by atoms with Crippen molar-refractivity contribution in [2.45, 2.75) is 56.5 Å². The summed E-state index contributed by atoms with van der Waals surface area (Å²) in [4.78, 5) is 14.9. The zero-order valence-corrected chi connectivity index (χ0v) is 16.4. The first-order valence-electron chi connectivity index (χ1n) is 9.47. The lowest BCUT2D eigenvalue weighted by atomic mass is 10.1. The minimum Gasteiger partial charge on any atom is -0.336 e. The third-order valence-corrected chi connectivity index (χ3v) is 7.69. The van der Waals surface area contributed by atoms with E-state index in [-0.39, 0.29) is 22.9 Å². The van der Waals surface area contributed by atoms with E-state index in [0.29, 0.717) is 31.1 Å². The van der Waals surface area contributed by atoms with Crippen LogP contribution in [0.3, 0.4) is 0 Å². The molecule has 1 aromatic rings. The zero-order valence-electron chi connectivity index (χ0n) is 15.6. The number of amides is 1. The van der Waals surface area contributed by atoms with Crippen LogP contribution in [-0.4, -0.2) is 55.2 Å². The van der Waals surface area contributed by atoms with Crippen LogP contribution in [0.1, 0.15) is 49.9 Å². The lowest BCUT2D eigenvalue weighted by Crippen LogP contribution is -2.42. The van der Waals surface area contributed by atoms with Gasteiger partial charge in [0, 0.05) is 30.7 Å². The number of hydrogen-bond donors (Lipinski definition) is 1. The molecule has 0 aliphatic carbocycles. The Balaban J connectivity index is 1.85. The molecule has 0 bridgehead atoms. The highest BCUT2D eigenvalue weighted by molar-refractivity contribution is 7.89. The molecule has 2 aliphatic rings. The maximum atomic E-state index is 13.0. The van der Waals surface area contributed by atoms with E-state index in [4.69, 9.17) is 5.73 Å². The zero-order chi connectivity index (χ0) is 18.9. The largest absolute Gasteiger partial charge is 0.336 e. The highest BCUT2D eigenvalue weighted by Crippen LogP contribution is 2.27. The summed E-state index contributed by atoms with van der Waals surface area (Å²) in [5.41, 5.74) is 6.18. The summed E-state index contributed by atoms with van der Waals surface area (Å²) in [6, 6.07) is 6.60. The molecule has 3 unspecified atom stereocenters. The molecule has 2 N–H and O–H groups in total. The first-order valence-corrected chi connectivity index (χ1v) is 10.9. The van der Waals surface area contributed by atoms with Gasteiger partial charge in [-0.2, -0.15) is 4.31 Å². The second-order valence-electron chi connectivity index (χ2n) is 7.63. The van der Waals surface area contributed by atoms with Gasteiger partial charge in [-0.1, -0.05) is 12.5 Å². The fraction of sp³-hybridized carbons (Fsp3) is 0.632. The Kier molecular flexibility index (Phi) is 5.69. The Labute approximate surface area is 156 Å². The van der Waals surface area contributed by atoms with Crippen LogP contribution < -0.4 is 5.73 Å². The molecule has 1 amide bonds. The molecule has 2 saturated heterocycles. The highest BCUT2D eigenvalue weighted by Gasteiger charge is 2.34. The number of carbonyl (C=O) groups excluding carboxylic acids is 1. The lowest BCUT2D eigenvalue weighted by Gasteiger charge is -2.32. The Morgan fingerprint density at radius 3 is 2.65 bits per heavy atom. The third-order valence-electron chi connectivity index (χ3n) is 5.69. The fourth-order valence-corrected chi connectivity index (χ4v) is 5.86. The molecule has 0 aromatic heterocycles. The van der Waals surface area contributed by atoms with E-state index in [1.807, 2.05) is 18.7 Å². The van der Waals surface area contributed by atoms with Gasteiger partial charge < -0.3 is 10.6 Å². The molecule has 3 rings (SSSR count). The SMILES string of the molecule is CC1CC(CN)CN1C(=O)c1cccc(S(=O)(=O)N2CCCCC2C)c1. The van der Waals surface area contributed by atoms with E-state index >= 15 is 0 Å². The topological polar surface area (TPSA) is 83.7 Å². The second-order valence-corrected chi connectivity index (χ2v) is 9.52. The van der Waals surface area contributed by atoms with Gasteiger partial charge in [-0.3, -0.25) is 4.79 Å². The van der Waals surface area contributed by atoms with Crippen LogP contribution in [0.15, 0.2) is 29.2 Å². The predicted octanol–water partition coefficient (Wildman–Crippen LogP) is 2.06. The van der Waals surface area contributed by atoms with Crippen LogP contribution in [0.5, 0.6) is 0 Å². The van der Waals surface area contributed by atoms with Crippen molar-refractivity contribution in [2.75, 3.05) is 19.6 Å². The molecule has 144 valence electrons. The van der Waals surface area contributed by atoms with Crippen molar-refractivity contribution in [3.8, 4) is 0 Å². The van der Waals surface area contributed by atoms with Gasteiger partial charge in [0.15, 0.2) is 0 Å². The number of nitrogens with two attached hydrogens (primary N) is 1. The van der Waals surface area contributed by atoms with E-state index in [0.717, 1.165) is 25.7 Å². The summed E-state index contributed by atoms with van der Waals surface area (Å²) in [6.07, 6.45) is 3.71. The van der Waals surface area contributed by atoms with Crippen LogP contribution in [0.25, 0.3) is 0 Å². The summed E-state index contributed by atoms with van der Waals surface area (Å²) in [7, 11) is -3.58. The van der Waals surface area contributed by atoms with Gasteiger partial charge in [0.25, 0.3) is 5.91 Å². The average molecular weight is 380 g/mol. The molecular weight excluding hydrogens is 350 g/mol. The molecule has 2 fully saturated rings. The molecule has 3 atom stereocenters. The van der Waals surface area contributed by atoms with E-state index in [1.54, 1.807) is 22.5 Å². The summed E-state index contributed by atoms with van der Waals surface area (Å²) < 4.78 is 27.7. The number of benzene rings is 1. The maximum absolute atomic E-state index is 13.0. The van der Waals surface area contributed by atoms with Gasteiger partial charge in [-0.15, -0.1) is 0 Å². The molecule has 0 radical (unpaired) electrons. The number of hydrogen-bond acceptors (Lipinski definition) is 4. The monoisotopic (exact) mass is 379 g/mol. The normalized spacial score (nSPS) is 27.7. The third kappa shape index (κ3) is 3.66. The van der Waals surface area contributed by atoms with Gasteiger partial charge in [0.05, 0.1) is 4.90 Å². The minimum absolute atomic E-state index is 0.00276. The number of rotatable bonds is 4. The van der Waals surface area contributed by atoms with E-state index in [9.17, 15) is 13.2 Å². The van der Waals surface area contributed by atoms with E-state index in [1.165, 1.54) is 6.07 Å². The Morgan fingerprint density at radius 1 is 1.23 bits per heavy atom. The first-order chi connectivity index (χ1) is 12.3. The number of carbonyl (C=O) groups is 1. The van der Waals surface area contributed by atoms with Crippen molar-refractivity contribution >= 4 is 15.9 Å². The summed E-state index contributed by atoms with van der Waals surface area (Å²) in [6.45, 7) is 5.71. The molecule has 1 aromatic carbocycles. The Hall–Kier alpha value is -1.44. The van der Waals surface area contributed by atoms with Crippen LogP contribution >= 0.6 is 0 Å². The summed E-state index contributed by atoms with van der Waals surface area (Å²) in [5.74, 6) is 0.201. The molecular formula is C19H29N3O3S. The molecule has 2 aliphatic heterocycles. The Bertz CT molecular complexity index is 765. The molecule has 6 nitrogen and oxygen atoms in total. The Morgan fingerprint density at radius 2 is 2.00 bits per heavy atom. The summed E-state index contributed by atoms with van der Waals surface area (Å²) >= 11 is 0. The molecule has 7 heteroatoms. The highest BCUT2D eigenvalue weighted by atomic mass is 32.2. The maximum Gasteiger partial charge on any atom is 0.254 e. The van der Waals surface area contributed by atoms with Crippen molar-refractivity contribution in [2.24, 2.45) is 11.7 Å². The number of likely N-dealkylation sites (tertiary alicyclic amines) is 1. The number of sulfonamides is 1. The number of nitrogens with zero attached hydrogens (tertiary/aromatic N) is 2. The average Bonchev–Trinajstić information content (AvgIpc) is 3.02. The van der Waals surface area contributed by atoms with Crippen molar-refractivity contribution in [3.63, 3.8) is 0 Å². The summed E-state index contributed by atoms with van der Waals surface area (Å²) in [5, 5.41) is 0. The van der Waals surface area contributed by atoms with Crippen molar-refractivity contribution in [3.05, 3.63) is 29.8 Å². The van der Waals surface area contributed by atoms with E-state index < -0.39 is 10.0 Å². The van der Waals surface area contributed by atoms with Gasteiger partial charge in [-0.05, 0) is 63.8 Å². The van der Waals surface area contributed by atoms with Crippen LogP contribution in [0.4, 0.5) is 0 Å². The number of piperidine rings is 1. The molecule has 2 heterocycles. The van der Waals surface area contributed by atoms with E-state index in [2.05, 4.69) is 0 Å². The van der Waals surface area contributed by atoms with Gasteiger partial charge >= 0.3 is 0 Å². The van der Waals surface area contributed by atoms with Crippen LogP contribution in [0.2, 0.25) is 0 Å².